The van der Waals surface area contributed by atoms with E-state index in [9.17, 15) is 0 Å². The molecule has 0 saturated carbocycles. The van der Waals surface area contributed by atoms with Crippen molar-refractivity contribution in [2.45, 2.75) is 90.5 Å². The molecule has 1 heterocycles. The highest BCUT2D eigenvalue weighted by atomic mass is 15.2. The summed E-state index contributed by atoms with van der Waals surface area (Å²) in [5.41, 5.74) is 0. The molecule has 1 aliphatic rings. The zero-order valence-electron chi connectivity index (χ0n) is 12.2. The Labute approximate surface area is 109 Å². The minimum Gasteiger partial charge on any atom is -0.300 e. The van der Waals surface area contributed by atoms with Gasteiger partial charge in [-0.2, -0.15) is 0 Å². The average Bonchev–Trinajstić information content (AvgIpc) is 2.39. The summed E-state index contributed by atoms with van der Waals surface area (Å²) in [7, 11) is 0. The third-order valence-electron chi connectivity index (χ3n) is 4.27. The van der Waals surface area contributed by atoms with E-state index in [2.05, 4.69) is 18.7 Å². The molecule has 0 aromatic heterocycles. The summed E-state index contributed by atoms with van der Waals surface area (Å²) in [5.74, 6) is 0. The number of rotatable bonds is 9. The Bertz CT molecular complexity index is 161. The second-order valence-electron chi connectivity index (χ2n) is 5.72. The van der Waals surface area contributed by atoms with Gasteiger partial charge < -0.3 is 4.90 Å². The smallest absolute Gasteiger partial charge is 0.00926 e. The van der Waals surface area contributed by atoms with Crippen LogP contribution in [0.1, 0.15) is 84.5 Å². The van der Waals surface area contributed by atoms with Crippen molar-refractivity contribution in [1.82, 2.24) is 4.90 Å². The standard InChI is InChI=1S/C16H33N/c1-3-5-6-7-8-10-13-16(4-2)17-14-11-9-12-15-17/h16H,3-15H2,1-2H3. The quantitative estimate of drug-likeness (QED) is 0.512. The van der Waals surface area contributed by atoms with Gasteiger partial charge in [-0.05, 0) is 38.8 Å². The molecule has 1 fully saturated rings. The van der Waals surface area contributed by atoms with Crippen LogP contribution in [0.15, 0.2) is 0 Å². The van der Waals surface area contributed by atoms with Crippen LogP contribution in [0.2, 0.25) is 0 Å². The second kappa shape index (κ2) is 9.94. The largest absolute Gasteiger partial charge is 0.300 e. The topological polar surface area (TPSA) is 3.24 Å². The summed E-state index contributed by atoms with van der Waals surface area (Å²) < 4.78 is 0. The van der Waals surface area contributed by atoms with Gasteiger partial charge in [0.05, 0.1) is 0 Å². The maximum atomic E-state index is 2.76. The van der Waals surface area contributed by atoms with Gasteiger partial charge in [-0.3, -0.25) is 0 Å². The predicted molar refractivity (Wildman–Crippen MR) is 77.5 cm³/mol. The van der Waals surface area contributed by atoms with Crippen LogP contribution in [0.5, 0.6) is 0 Å². The van der Waals surface area contributed by atoms with Crippen LogP contribution < -0.4 is 0 Å². The summed E-state index contributed by atoms with van der Waals surface area (Å²) >= 11 is 0. The molecule has 1 heteroatoms. The number of piperidine rings is 1. The van der Waals surface area contributed by atoms with Crippen molar-refractivity contribution in [1.29, 1.82) is 0 Å². The van der Waals surface area contributed by atoms with Gasteiger partial charge in [0.15, 0.2) is 0 Å². The summed E-state index contributed by atoms with van der Waals surface area (Å²) in [5, 5.41) is 0. The van der Waals surface area contributed by atoms with Crippen LogP contribution >= 0.6 is 0 Å². The van der Waals surface area contributed by atoms with Crippen molar-refractivity contribution in [3.05, 3.63) is 0 Å². The highest BCUT2D eigenvalue weighted by molar-refractivity contribution is 4.73. The maximum Gasteiger partial charge on any atom is 0.00926 e. The van der Waals surface area contributed by atoms with E-state index in [-0.39, 0.29) is 0 Å². The van der Waals surface area contributed by atoms with E-state index in [4.69, 9.17) is 0 Å². The average molecular weight is 239 g/mol. The first kappa shape index (κ1) is 15.0. The Morgan fingerprint density at radius 2 is 1.47 bits per heavy atom. The van der Waals surface area contributed by atoms with Crippen molar-refractivity contribution < 1.29 is 0 Å². The van der Waals surface area contributed by atoms with Crippen LogP contribution in [0.25, 0.3) is 0 Å². The molecule has 102 valence electrons. The SMILES string of the molecule is CCCCCCCCC(CC)N1CCCCC1. The van der Waals surface area contributed by atoms with E-state index in [0.717, 1.165) is 6.04 Å². The van der Waals surface area contributed by atoms with E-state index in [1.165, 1.54) is 83.7 Å². The van der Waals surface area contributed by atoms with Crippen molar-refractivity contribution in [2.75, 3.05) is 13.1 Å². The molecule has 0 aromatic carbocycles. The zero-order chi connectivity index (χ0) is 12.3. The Balaban J connectivity index is 2.05. The van der Waals surface area contributed by atoms with E-state index < -0.39 is 0 Å². The lowest BCUT2D eigenvalue weighted by Crippen LogP contribution is -2.38. The Morgan fingerprint density at radius 1 is 0.824 bits per heavy atom. The molecule has 0 radical (unpaired) electrons. The van der Waals surface area contributed by atoms with Crippen LogP contribution in [0.4, 0.5) is 0 Å². The first-order valence-corrected chi connectivity index (χ1v) is 8.12. The van der Waals surface area contributed by atoms with E-state index in [1.807, 2.05) is 0 Å². The van der Waals surface area contributed by atoms with Crippen LogP contribution in [0, 0.1) is 0 Å². The third-order valence-corrected chi connectivity index (χ3v) is 4.27. The van der Waals surface area contributed by atoms with Crippen LogP contribution in [-0.4, -0.2) is 24.0 Å². The normalized spacial score (nSPS) is 19.4. The molecule has 17 heavy (non-hydrogen) atoms. The third kappa shape index (κ3) is 6.45. The first-order valence-electron chi connectivity index (χ1n) is 8.12. The van der Waals surface area contributed by atoms with Crippen molar-refractivity contribution in [2.24, 2.45) is 0 Å². The summed E-state index contributed by atoms with van der Waals surface area (Å²) in [6.07, 6.45) is 15.8. The van der Waals surface area contributed by atoms with Gasteiger partial charge in [0.25, 0.3) is 0 Å². The van der Waals surface area contributed by atoms with Crippen LogP contribution in [-0.2, 0) is 0 Å². The molecule has 1 atom stereocenters. The number of unbranched alkanes of at least 4 members (excludes halogenated alkanes) is 5. The highest BCUT2D eigenvalue weighted by Gasteiger charge is 2.18. The predicted octanol–water partition coefficient (Wildman–Crippen LogP) is 5.00. The molecule has 1 nitrogen and oxygen atoms in total. The van der Waals surface area contributed by atoms with E-state index >= 15 is 0 Å². The second-order valence-corrected chi connectivity index (χ2v) is 5.72. The first-order chi connectivity index (χ1) is 8.38. The number of hydrogen-bond acceptors (Lipinski definition) is 1. The molecule has 0 spiro atoms. The molecule has 1 unspecified atom stereocenters. The highest BCUT2D eigenvalue weighted by Crippen LogP contribution is 2.19. The number of nitrogens with zero attached hydrogens (tertiary/aromatic N) is 1. The zero-order valence-corrected chi connectivity index (χ0v) is 12.2. The van der Waals surface area contributed by atoms with Crippen molar-refractivity contribution in [3.63, 3.8) is 0 Å². The molecule has 1 rings (SSSR count). The lowest BCUT2D eigenvalue weighted by Gasteiger charge is -2.34. The van der Waals surface area contributed by atoms with Gasteiger partial charge in [0.1, 0.15) is 0 Å². The van der Waals surface area contributed by atoms with Gasteiger partial charge in [-0.25, -0.2) is 0 Å². The molecule has 1 saturated heterocycles. The van der Waals surface area contributed by atoms with Gasteiger partial charge in [0.2, 0.25) is 0 Å². The van der Waals surface area contributed by atoms with Gasteiger partial charge >= 0.3 is 0 Å². The van der Waals surface area contributed by atoms with E-state index in [1.54, 1.807) is 0 Å². The maximum absolute atomic E-state index is 2.76. The lowest BCUT2D eigenvalue weighted by atomic mass is 10.0. The fraction of sp³-hybridized carbons (Fsp3) is 1.00. The summed E-state index contributed by atoms with van der Waals surface area (Å²) in [6.45, 7) is 7.41. The van der Waals surface area contributed by atoms with Gasteiger partial charge in [-0.15, -0.1) is 0 Å². The number of likely N-dealkylation sites (tertiary alicyclic amines) is 1. The lowest BCUT2D eigenvalue weighted by molar-refractivity contribution is 0.148. The van der Waals surface area contributed by atoms with Crippen molar-refractivity contribution >= 4 is 0 Å². The summed E-state index contributed by atoms with van der Waals surface area (Å²) in [4.78, 5) is 2.76. The molecule has 0 amide bonds. The Morgan fingerprint density at radius 3 is 2.12 bits per heavy atom. The fourth-order valence-electron chi connectivity index (χ4n) is 3.09. The molecular weight excluding hydrogens is 206 g/mol. The monoisotopic (exact) mass is 239 g/mol. The molecule has 0 bridgehead atoms. The molecule has 0 aromatic rings. The van der Waals surface area contributed by atoms with Crippen LogP contribution in [0.3, 0.4) is 0 Å². The number of hydrogen-bond donors (Lipinski definition) is 0. The summed E-state index contributed by atoms with van der Waals surface area (Å²) in [6, 6.07) is 0.890. The minimum absolute atomic E-state index is 0.890. The molecule has 1 aliphatic heterocycles. The fourth-order valence-corrected chi connectivity index (χ4v) is 3.09. The minimum atomic E-state index is 0.890. The Kier molecular flexibility index (Phi) is 8.78. The molecular formula is C16H33N. The molecule has 0 N–H and O–H groups in total. The van der Waals surface area contributed by atoms with Gasteiger partial charge in [-0.1, -0.05) is 58.8 Å². The van der Waals surface area contributed by atoms with Crippen molar-refractivity contribution in [3.8, 4) is 0 Å². The Hall–Kier alpha value is -0.0400. The van der Waals surface area contributed by atoms with E-state index in [0.29, 0.717) is 0 Å². The van der Waals surface area contributed by atoms with Gasteiger partial charge in [0, 0.05) is 6.04 Å². The molecule has 0 aliphatic carbocycles.